The first kappa shape index (κ1) is 8.61. The molecule has 1 atom stereocenters. The molecule has 0 aliphatic carbocycles. The molecule has 0 heterocycles. The predicted octanol–water partition coefficient (Wildman–Crippen LogP) is 1.24. The van der Waals surface area contributed by atoms with Crippen molar-refractivity contribution in [3.05, 3.63) is 35.9 Å². The number of hydrogen-bond donors (Lipinski definition) is 0. The Labute approximate surface area is 57.6 Å². The third-order valence-corrected chi connectivity index (χ3v) is 1.55. The summed E-state index contributed by atoms with van der Waals surface area (Å²) in [6, 6.07) is 10.4. The minimum absolute atomic E-state index is 0. The maximum Gasteiger partial charge on any atom is -0.0128 e. The second-order valence-corrected chi connectivity index (χ2v) is 2.10. The zero-order chi connectivity index (χ0) is 5.82. The van der Waals surface area contributed by atoms with Gasteiger partial charge in [0.2, 0.25) is 0 Å². The monoisotopic (exact) mass is 142 g/mol. The van der Waals surface area contributed by atoms with Gasteiger partial charge in [-0.1, -0.05) is 30.3 Å². The van der Waals surface area contributed by atoms with E-state index < -0.39 is 0 Å². The molecule has 0 aromatic heterocycles. The molecule has 0 amide bonds. The molecule has 0 aliphatic heterocycles. The molecular formula is C7H11OP. The van der Waals surface area contributed by atoms with Crippen LogP contribution in [-0.2, 0) is 6.16 Å². The van der Waals surface area contributed by atoms with E-state index in [1.165, 1.54) is 5.56 Å². The van der Waals surface area contributed by atoms with Crippen LogP contribution in [0.3, 0.4) is 0 Å². The van der Waals surface area contributed by atoms with Crippen molar-refractivity contribution >= 4 is 9.24 Å². The lowest BCUT2D eigenvalue weighted by Gasteiger charge is -1.89. The van der Waals surface area contributed by atoms with E-state index in [4.69, 9.17) is 0 Å². The molecule has 1 nitrogen and oxygen atoms in total. The fourth-order valence-corrected chi connectivity index (χ4v) is 0.886. The van der Waals surface area contributed by atoms with E-state index in [1.807, 2.05) is 6.07 Å². The van der Waals surface area contributed by atoms with Crippen LogP contribution in [0.15, 0.2) is 30.3 Å². The van der Waals surface area contributed by atoms with Crippen molar-refractivity contribution in [2.45, 2.75) is 6.16 Å². The molecule has 1 unspecified atom stereocenters. The van der Waals surface area contributed by atoms with Gasteiger partial charge in [-0.3, -0.25) is 0 Å². The van der Waals surface area contributed by atoms with Crippen molar-refractivity contribution in [1.29, 1.82) is 0 Å². The van der Waals surface area contributed by atoms with Gasteiger partial charge >= 0.3 is 0 Å². The highest BCUT2D eigenvalue weighted by Gasteiger charge is 1.80. The quantitative estimate of drug-likeness (QED) is 0.528. The largest absolute Gasteiger partial charge is 0.412 e. The molecule has 0 spiro atoms. The summed E-state index contributed by atoms with van der Waals surface area (Å²) in [4.78, 5) is 0. The first-order valence-electron chi connectivity index (χ1n) is 2.67. The smallest absolute Gasteiger partial charge is 0.0128 e. The highest BCUT2D eigenvalue weighted by molar-refractivity contribution is 7.15. The van der Waals surface area contributed by atoms with Gasteiger partial charge in [0.05, 0.1) is 0 Å². The van der Waals surface area contributed by atoms with Crippen LogP contribution in [0.2, 0.25) is 0 Å². The third kappa shape index (κ3) is 2.59. The van der Waals surface area contributed by atoms with Gasteiger partial charge < -0.3 is 5.48 Å². The summed E-state index contributed by atoms with van der Waals surface area (Å²) in [6.45, 7) is 0. The zero-order valence-corrected chi connectivity index (χ0v) is 6.33. The van der Waals surface area contributed by atoms with Crippen LogP contribution in [-0.4, -0.2) is 5.48 Å². The van der Waals surface area contributed by atoms with E-state index in [0.29, 0.717) is 0 Å². The summed E-state index contributed by atoms with van der Waals surface area (Å²) >= 11 is 0. The molecule has 1 aromatic rings. The van der Waals surface area contributed by atoms with Crippen molar-refractivity contribution < 1.29 is 5.48 Å². The van der Waals surface area contributed by atoms with E-state index in [9.17, 15) is 0 Å². The second kappa shape index (κ2) is 4.49. The Balaban J connectivity index is 0.000000640. The molecule has 0 fully saturated rings. The second-order valence-electron chi connectivity index (χ2n) is 1.69. The molecule has 0 saturated carbocycles. The Morgan fingerprint density at radius 2 is 1.67 bits per heavy atom. The first-order valence-corrected chi connectivity index (χ1v) is 3.49. The highest BCUT2D eigenvalue weighted by Crippen LogP contribution is 2.02. The molecule has 0 radical (unpaired) electrons. The van der Waals surface area contributed by atoms with Gasteiger partial charge in [0.25, 0.3) is 0 Å². The van der Waals surface area contributed by atoms with Gasteiger partial charge in [-0.15, -0.1) is 9.24 Å². The van der Waals surface area contributed by atoms with Crippen molar-refractivity contribution in [2.75, 3.05) is 0 Å². The molecule has 50 valence electrons. The fraction of sp³-hybridized carbons (Fsp3) is 0.143. The zero-order valence-electron chi connectivity index (χ0n) is 5.17. The van der Waals surface area contributed by atoms with Crippen LogP contribution in [0.5, 0.6) is 0 Å². The Morgan fingerprint density at radius 1 is 1.11 bits per heavy atom. The van der Waals surface area contributed by atoms with Gasteiger partial charge in [0, 0.05) is 0 Å². The predicted molar refractivity (Wildman–Crippen MR) is 43.5 cm³/mol. The van der Waals surface area contributed by atoms with E-state index in [-0.39, 0.29) is 5.48 Å². The molecule has 0 saturated heterocycles. The first-order chi connectivity index (χ1) is 3.93. The fourth-order valence-electron chi connectivity index (χ4n) is 0.614. The van der Waals surface area contributed by atoms with Crippen molar-refractivity contribution in [1.82, 2.24) is 0 Å². The van der Waals surface area contributed by atoms with E-state index in [0.717, 1.165) is 6.16 Å². The van der Waals surface area contributed by atoms with Gasteiger partial charge in [-0.05, 0) is 11.7 Å². The summed E-state index contributed by atoms with van der Waals surface area (Å²) in [7, 11) is 2.69. The Kier molecular flexibility index (Phi) is 4.29. The van der Waals surface area contributed by atoms with Gasteiger partial charge in [-0.25, -0.2) is 0 Å². The number of benzene rings is 1. The minimum Gasteiger partial charge on any atom is -0.412 e. The van der Waals surface area contributed by atoms with Crippen LogP contribution in [0.1, 0.15) is 5.56 Å². The molecule has 2 N–H and O–H groups in total. The average Bonchev–Trinajstić information content (AvgIpc) is 1.90. The van der Waals surface area contributed by atoms with E-state index in [2.05, 4.69) is 33.5 Å². The summed E-state index contributed by atoms with van der Waals surface area (Å²) in [6.07, 6.45) is 1.06. The van der Waals surface area contributed by atoms with Gasteiger partial charge in [0.1, 0.15) is 0 Å². The average molecular weight is 142 g/mol. The lowest BCUT2D eigenvalue weighted by molar-refractivity contribution is 0.824. The van der Waals surface area contributed by atoms with Crippen LogP contribution in [0.4, 0.5) is 0 Å². The molecule has 0 aliphatic rings. The number of rotatable bonds is 1. The van der Waals surface area contributed by atoms with Crippen molar-refractivity contribution in [3.8, 4) is 0 Å². The summed E-state index contributed by atoms with van der Waals surface area (Å²) in [5.41, 5.74) is 1.37. The third-order valence-electron chi connectivity index (χ3n) is 1.08. The standard InChI is InChI=1S/C7H9P.H2O/c8-6-7-4-2-1-3-5-7;/h1-5H,6,8H2;1H2. The molecule has 1 rings (SSSR count). The molecule has 1 aromatic carbocycles. The minimum atomic E-state index is 0. The van der Waals surface area contributed by atoms with Crippen molar-refractivity contribution in [2.24, 2.45) is 0 Å². The summed E-state index contributed by atoms with van der Waals surface area (Å²) < 4.78 is 0. The molecular weight excluding hydrogens is 131 g/mol. The lowest BCUT2D eigenvalue weighted by Crippen LogP contribution is -1.70. The normalized spacial score (nSPS) is 8.11. The topological polar surface area (TPSA) is 31.5 Å². The van der Waals surface area contributed by atoms with Crippen LogP contribution in [0, 0.1) is 0 Å². The lowest BCUT2D eigenvalue weighted by atomic mass is 10.2. The maximum atomic E-state index is 2.69. The number of hydrogen-bond acceptors (Lipinski definition) is 0. The van der Waals surface area contributed by atoms with Gasteiger partial charge in [0.15, 0.2) is 0 Å². The Hall–Kier alpha value is -0.390. The Morgan fingerprint density at radius 3 is 2.00 bits per heavy atom. The van der Waals surface area contributed by atoms with Crippen LogP contribution in [0.25, 0.3) is 0 Å². The van der Waals surface area contributed by atoms with E-state index in [1.54, 1.807) is 0 Å². The highest BCUT2D eigenvalue weighted by atomic mass is 31.0. The summed E-state index contributed by atoms with van der Waals surface area (Å²) in [5.74, 6) is 0. The SMILES string of the molecule is O.PCc1ccccc1. The van der Waals surface area contributed by atoms with Crippen LogP contribution >= 0.6 is 9.24 Å². The Bertz CT molecular complexity index is 150. The molecule has 2 heteroatoms. The summed E-state index contributed by atoms with van der Waals surface area (Å²) in [5, 5.41) is 0. The van der Waals surface area contributed by atoms with Crippen LogP contribution < -0.4 is 0 Å². The van der Waals surface area contributed by atoms with E-state index >= 15 is 0 Å². The molecule has 0 bridgehead atoms. The van der Waals surface area contributed by atoms with Gasteiger partial charge in [-0.2, -0.15) is 0 Å². The molecule has 9 heavy (non-hydrogen) atoms. The van der Waals surface area contributed by atoms with Crippen molar-refractivity contribution in [3.63, 3.8) is 0 Å². The maximum absolute atomic E-state index is 2.69.